The number of hydrogen-bond acceptors (Lipinski definition) is 1. The predicted octanol–water partition coefficient (Wildman–Crippen LogP) is 1.88. The summed E-state index contributed by atoms with van der Waals surface area (Å²) < 4.78 is 4.73. The number of aliphatic hydroxyl groups is 1. The Morgan fingerprint density at radius 3 is 1.11 bits per heavy atom. The van der Waals surface area contributed by atoms with Gasteiger partial charge in [-0.1, -0.05) is 0 Å². The van der Waals surface area contributed by atoms with Crippen molar-refractivity contribution >= 4 is 22.7 Å². The van der Waals surface area contributed by atoms with Crippen molar-refractivity contribution in [3.8, 4) is 0 Å². The zero-order valence-electron chi connectivity index (χ0n) is 7.15. The van der Waals surface area contributed by atoms with Crippen LogP contribution in [0.4, 0.5) is 0 Å². The second-order valence-corrected chi connectivity index (χ2v) is 18.3. The van der Waals surface area contributed by atoms with E-state index in [-0.39, 0.29) is 0 Å². The molecule has 0 spiro atoms. The van der Waals surface area contributed by atoms with Crippen LogP contribution in [0.5, 0.6) is 0 Å². The monoisotopic (exact) mass is 328 g/mol. The molecule has 0 radical (unpaired) electrons. The molecular weight excluding hydrogens is 307 g/mol. The molecule has 0 aliphatic heterocycles. The molecule has 0 aliphatic carbocycles. The minimum atomic E-state index is -0.866. The van der Waals surface area contributed by atoms with Crippen LogP contribution in [0, 0.1) is 0 Å². The first kappa shape index (κ1) is 12.5. The second-order valence-electron chi connectivity index (χ2n) is 2.09. The van der Waals surface area contributed by atoms with Crippen molar-refractivity contribution in [1.82, 2.24) is 0 Å². The molecule has 0 heterocycles. The Morgan fingerprint density at radius 1 is 0.889 bits per heavy atom. The average Bonchev–Trinajstić information content (AvgIpc) is 1.96. The fourth-order valence-electron chi connectivity index (χ4n) is 0.866. The van der Waals surface area contributed by atoms with Crippen LogP contribution in [0.3, 0.4) is 0 Å². The molecule has 1 nitrogen and oxygen atoms in total. The van der Waals surface area contributed by atoms with Crippen LogP contribution >= 0.6 is 0 Å². The van der Waals surface area contributed by atoms with Gasteiger partial charge in [-0.3, -0.25) is 0 Å². The van der Waals surface area contributed by atoms with Crippen molar-refractivity contribution in [2.45, 2.75) is 32.7 Å². The summed E-state index contributed by atoms with van der Waals surface area (Å²) in [6.45, 7) is 7.08. The van der Waals surface area contributed by atoms with E-state index in [4.69, 9.17) is 5.11 Å². The molecule has 0 fully saturated rings. The van der Waals surface area contributed by atoms with E-state index in [1.54, 1.807) is 11.9 Å². The van der Waals surface area contributed by atoms with Crippen LogP contribution in [0.1, 0.15) is 20.8 Å². The molecular formula is C7H20OPb. The van der Waals surface area contributed by atoms with Gasteiger partial charge in [0.1, 0.15) is 0 Å². The summed E-state index contributed by atoms with van der Waals surface area (Å²) in [4.78, 5) is 0. The van der Waals surface area contributed by atoms with Gasteiger partial charge < -0.3 is 5.11 Å². The summed E-state index contributed by atoms with van der Waals surface area (Å²) in [5.41, 5.74) is 0. The molecule has 0 aliphatic rings. The Kier molecular flexibility index (Phi) is 16.2. The van der Waals surface area contributed by atoms with Crippen molar-refractivity contribution in [2.24, 2.45) is 0 Å². The van der Waals surface area contributed by atoms with Crippen molar-refractivity contribution in [3.05, 3.63) is 0 Å². The summed E-state index contributed by atoms with van der Waals surface area (Å²) in [6, 6.07) is 0. The molecule has 2 heteroatoms. The summed E-state index contributed by atoms with van der Waals surface area (Å²) in [7, 11) is 1.00. The quantitative estimate of drug-likeness (QED) is 0.785. The molecule has 0 amide bonds. The van der Waals surface area contributed by atoms with Gasteiger partial charge >= 0.3 is 55.4 Å². The third-order valence-electron chi connectivity index (χ3n) is 1.73. The van der Waals surface area contributed by atoms with Crippen molar-refractivity contribution in [3.63, 3.8) is 0 Å². The van der Waals surface area contributed by atoms with Gasteiger partial charge in [-0.2, -0.15) is 0 Å². The fourth-order valence-corrected chi connectivity index (χ4v) is 7.60. The molecule has 0 bridgehead atoms. The Hall–Kier alpha value is 0.882. The van der Waals surface area contributed by atoms with Gasteiger partial charge in [0.25, 0.3) is 0 Å². The molecule has 0 atom stereocenters. The first-order valence-electron chi connectivity index (χ1n) is 3.79. The van der Waals surface area contributed by atoms with Crippen LogP contribution in [0.2, 0.25) is 11.9 Å². The molecule has 0 saturated carbocycles. The van der Waals surface area contributed by atoms with Crippen LogP contribution in [-0.2, 0) is 0 Å². The third-order valence-corrected chi connectivity index (χ3v) is 15.2. The van der Waals surface area contributed by atoms with Gasteiger partial charge in [-0.25, -0.2) is 0 Å². The van der Waals surface area contributed by atoms with E-state index in [1.165, 1.54) is 0 Å². The maximum absolute atomic E-state index is 7.00. The molecule has 0 unspecified atom stereocenters. The molecule has 1 N–H and O–H groups in total. The fraction of sp³-hybridized carbons (Fsp3) is 1.00. The van der Waals surface area contributed by atoms with Crippen molar-refractivity contribution in [1.29, 1.82) is 0 Å². The first-order valence-corrected chi connectivity index (χ1v) is 13.3. The second kappa shape index (κ2) is 11.7. The summed E-state index contributed by atoms with van der Waals surface area (Å²) in [5.74, 6) is 0. The number of hydrogen-bond donors (Lipinski definition) is 1. The van der Waals surface area contributed by atoms with E-state index in [1.807, 2.05) is 0 Å². The molecule has 0 aromatic carbocycles. The van der Waals surface area contributed by atoms with Crippen molar-refractivity contribution in [2.75, 3.05) is 7.11 Å². The van der Waals surface area contributed by atoms with Crippen LogP contribution in [0.25, 0.3) is 0 Å². The summed E-state index contributed by atoms with van der Waals surface area (Å²) in [5, 5.41) is 7.00. The van der Waals surface area contributed by atoms with Crippen LogP contribution in [0.15, 0.2) is 0 Å². The van der Waals surface area contributed by atoms with Gasteiger partial charge in [-0.15, -0.1) is 0 Å². The molecule has 0 aromatic heterocycles. The van der Waals surface area contributed by atoms with Gasteiger partial charge in [0.05, 0.1) is 0 Å². The third kappa shape index (κ3) is 8.88. The average molecular weight is 327 g/mol. The van der Waals surface area contributed by atoms with E-state index in [0.29, 0.717) is 0 Å². The topological polar surface area (TPSA) is 20.2 Å². The molecule has 9 heavy (non-hydrogen) atoms. The Balaban J connectivity index is 0. The van der Waals surface area contributed by atoms with Crippen LogP contribution < -0.4 is 0 Å². The molecule has 0 aromatic rings. The summed E-state index contributed by atoms with van der Waals surface area (Å²) >= 11 is -0.866. The SMILES string of the molecule is CO.C[CH2][PbH]([CH2]C)[CH2]C. The van der Waals surface area contributed by atoms with E-state index in [0.717, 1.165) is 7.11 Å². The number of rotatable bonds is 3. The van der Waals surface area contributed by atoms with E-state index < -0.39 is 22.7 Å². The van der Waals surface area contributed by atoms with Gasteiger partial charge in [-0.05, 0) is 0 Å². The van der Waals surface area contributed by atoms with E-state index >= 15 is 0 Å². The predicted molar refractivity (Wildman–Crippen MR) is 46.7 cm³/mol. The Bertz CT molecular complexity index is 30.4. The van der Waals surface area contributed by atoms with Crippen molar-refractivity contribution < 1.29 is 5.11 Å². The van der Waals surface area contributed by atoms with Gasteiger partial charge in [0.2, 0.25) is 0 Å². The Morgan fingerprint density at radius 2 is 1.11 bits per heavy atom. The normalized spacial score (nSPS) is 8.67. The van der Waals surface area contributed by atoms with E-state index in [2.05, 4.69) is 20.8 Å². The molecule has 58 valence electrons. The van der Waals surface area contributed by atoms with Gasteiger partial charge in [0, 0.05) is 7.11 Å². The van der Waals surface area contributed by atoms with E-state index in [9.17, 15) is 0 Å². The molecule has 0 rings (SSSR count). The number of aliphatic hydroxyl groups excluding tert-OH is 1. The first-order chi connectivity index (χ1) is 4.35. The van der Waals surface area contributed by atoms with Crippen LogP contribution in [-0.4, -0.2) is 34.9 Å². The zero-order chi connectivity index (χ0) is 7.70. The summed E-state index contributed by atoms with van der Waals surface area (Å²) in [6.07, 6.45) is 0. The standard InChI is InChI=1S/3C2H5.CH4O.Pb.H/c4*1-2;;/h3*1H2,2H3;2H,1H3;;. The maximum atomic E-state index is 7.00. The van der Waals surface area contributed by atoms with Gasteiger partial charge in [0.15, 0.2) is 0 Å². The minimum absolute atomic E-state index is 0.866. The zero-order valence-corrected chi connectivity index (χ0v) is 11.6. The Labute approximate surface area is 67.6 Å². The molecule has 0 saturated heterocycles.